The lowest BCUT2D eigenvalue weighted by Gasteiger charge is -2.21. The molecule has 78 valence electrons. The van der Waals surface area contributed by atoms with Crippen LogP contribution in [0.4, 0.5) is 5.69 Å². The molecule has 0 aromatic heterocycles. The van der Waals surface area contributed by atoms with Crippen LogP contribution in [0.15, 0.2) is 18.2 Å². The fourth-order valence-corrected chi connectivity index (χ4v) is 2.10. The third kappa shape index (κ3) is 2.89. The number of halogens is 2. The molecule has 14 heavy (non-hydrogen) atoms. The molecule has 0 unspecified atom stereocenters. The minimum absolute atomic E-state index is 0.799. The van der Waals surface area contributed by atoms with Crippen molar-refractivity contribution >= 4 is 33.2 Å². The molecule has 1 aromatic rings. The van der Waals surface area contributed by atoms with Crippen LogP contribution in [0.25, 0.3) is 0 Å². The quantitative estimate of drug-likeness (QED) is 0.749. The van der Waals surface area contributed by atoms with Crippen LogP contribution < -0.4 is 4.90 Å². The second-order valence-corrected chi connectivity index (χ2v) is 4.33. The molecule has 1 aromatic carbocycles. The van der Waals surface area contributed by atoms with E-state index in [1.807, 2.05) is 12.1 Å². The number of hydrogen-bond acceptors (Lipinski definition) is 1. The Morgan fingerprint density at radius 2 is 2.14 bits per heavy atom. The molecule has 0 aliphatic rings. The molecule has 0 spiro atoms. The first-order valence-corrected chi connectivity index (χ1v) is 6.24. The average molecular weight is 277 g/mol. The summed E-state index contributed by atoms with van der Waals surface area (Å²) in [5, 5.41) is 1.67. The van der Waals surface area contributed by atoms with Gasteiger partial charge < -0.3 is 4.90 Å². The zero-order valence-corrected chi connectivity index (χ0v) is 10.9. The molecule has 0 N–H and O–H groups in total. The lowest BCUT2D eigenvalue weighted by atomic mass is 10.2. The van der Waals surface area contributed by atoms with Gasteiger partial charge in [-0.2, -0.15) is 0 Å². The Morgan fingerprint density at radius 3 is 2.71 bits per heavy atom. The lowest BCUT2D eigenvalue weighted by molar-refractivity contribution is 0.849. The van der Waals surface area contributed by atoms with Gasteiger partial charge in [0.1, 0.15) is 0 Å². The predicted molar refractivity (Wildman–Crippen MR) is 67.6 cm³/mol. The van der Waals surface area contributed by atoms with Crippen molar-refractivity contribution in [3.05, 3.63) is 28.8 Å². The second-order valence-electron chi connectivity index (χ2n) is 3.33. The molecule has 0 bridgehead atoms. The summed E-state index contributed by atoms with van der Waals surface area (Å²) >= 11 is 9.46. The molecule has 0 atom stereocenters. The maximum atomic E-state index is 5.98. The topological polar surface area (TPSA) is 3.24 Å². The van der Waals surface area contributed by atoms with Crippen LogP contribution in [0, 0.1) is 0 Å². The van der Waals surface area contributed by atoms with E-state index < -0.39 is 0 Å². The third-order valence-electron chi connectivity index (χ3n) is 2.16. The van der Waals surface area contributed by atoms with Crippen LogP contribution in [-0.2, 0) is 5.33 Å². The summed E-state index contributed by atoms with van der Waals surface area (Å²) in [6.45, 7) is 3.23. The SMILES string of the molecule is CCCN(C)c1cc(Cl)ccc1CBr. The molecular weight excluding hydrogens is 261 g/mol. The number of hydrogen-bond donors (Lipinski definition) is 0. The molecule has 0 aliphatic heterocycles. The number of alkyl halides is 1. The van der Waals surface area contributed by atoms with E-state index in [2.05, 4.69) is 40.9 Å². The maximum absolute atomic E-state index is 5.98. The number of anilines is 1. The minimum atomic E-state index is 0.799. The summed E-state index contributed by atoms with van der Waals surface area (Å²) in [6, 6.07) is 6.02. The van der Waals surface area contributed by atoms with Crippen molar-refractivity contribution in [2.45, 2.75) is 18.7 Å². The van der Waals surface area contributed by atoms with E-state index in [0.29, 0.717) is 0 Å². The highest BCUT2D eigenvalue weighted by Crippen LogP contribution is 2.25. The summed E-state index contributed by atoms with van der Waals surface area (Å²) in [5.41, 5.74) is 2.50. The highest BCUT2D eigenvalue weighted by Gasteiger charge is 2.06. The van der Waals surface area contributed by atoms with Gasteiger partial charge in [0.15, 0.2) is 0 Å². The van der Waals surface area contributed by atoms with E-state index in [4.69, 9.17) is 11.6 Å². The molecule has 0 radical (unpaired) electrons. The van der Waals surface area contributed by atoms with Crippen molar-refractivity contribution in [2.24, 2.45) is 0 Å². The third-order valence-corrected chi connectivity index (χ3v) is 3.00. The number of nitrogens with zero attached hydrogens (tertiary/aromatic N) is 1. The van der Waals surface area contributed by atoms with Crippen LogP contribution in [0.5, 0.6) is 0 Å². The molecule has 1 nitrogen and oxygen atoms in total. The van der Waals surface area contributed by atoms with Gasteiger partial charge in [0.2, 0.25) is 0 Å². The number of benzene rings is 1. The maximum Gasteiger partial charge on any atom is 0.0426 e. The molecule has 0 saturated heterocycles. The molecule has 0 aliphatic carbocycles. The van der Waals surface area contributed by atoms with Gasteiger partial charge in [-0.1, -0.05) is 40.5 Å². The normalized spacial score (nSPS) is 10.3. The Bertz CT molecular complexity index is 301. The summed E-state index contributed by atoms with van der Waals surface area (Å²) < 4.78 is 0. The van der Waals surface area contributed by atoms with Crippen molar-refractivity contribution in [3.8, 4) is 0 Å². The molecule has 3 heteroatoms. The van der Waals surface area contributed by atoms with Gasteiger partial charge in [-0.05, 0) is 24.1 Å². The summed E-state index contributed by atoms with van der Waals surface area (Å²) in [4.78, 5) is 2.24. The summed E-state index contributed by atoms with van der Waals surface area (Å²) in [5.74, 6) is 0. The van der Waals surface area contributed by atoms with Gasteiger partial charge in [-0.15, -0.1) is 0 Å². The van der Waals surface area contributed by atoms with Crippen LogP contribution in [0.3, 0.4) is 0 Å². The first-order valence-electron chi connectivity index (χ1n) is 4.74. The lowest BCUT2D eigenvalue weighted by Crippen LogP contribution is -2.19. The zero-order chi connectivity index (χ0) is 10.6. The Kier molecular flexibility index (Phi) is 4.76. The highest BCUT2D eigenvalue weighted by atomic mass is 79.9. The fraction of sp³-hybridized carbons (Fsp3) is 0.455. The zero-order valence-electron chi connectivity index (χ0n) is 8.56. The molecule has 0 saturated carbocycles. The number of rotatable bonds is 4. The van der Waals surface area contributed by atoms with Crippen LogP contribution in [0.2, 0.25) is 5.02 Å². The minimum Gasteiger partial charge on any atom is -0.374 e. The summed E-state index contributed by atoms with van der Waals surface area (Å²) in [6.07, 6.45) is 1.14. The van der Waals surface area contributed by atoms with Gasteiger partial charge in [-0.25, -0.2) is 0 Å². The van der Waals surface area contributed by atoms with Crippen LogP contribution in [0.1, 0.15) is 18.9 Å². The van der Waals surface area contributed by atoms with Crippen molar-refractivity contribution < 1.29 is 0 Å². The smallest absolute Gasteiger partial charge is 0.0426 e. The standard InChI is InChI=1S/C11H15BrClN/c1-3-6-14(2)11-7-10(13)5-4-9(11)8-12/h4-5,7H,3,6,8H2,1-2H3. The van der Waals surface area contributed by atoms with E-state index in [-0.39, 0.29) is 0 Å². The van der Waals surface area contributed by atoms with Crippen molar-refractivity contribution in [2.75, 3.05) is 18.5 Å². The Balaban J connectivity index is 2.97. The predicted octanol–water partition coefficient (Wildman–Crippen LogP) is 4.08. The molecular formula is C11H15BrClN. The first-order chi connectivity index (χ1) is 6.69. The first kappa shape index (κ1) is 11.9. The van der Waals surface area contributed by atoms with Crippen molar-refractivity contribution in [3.63, 3.8) is 0 Å². The van der Waals surface area contributed by atoms with E-state index in [1.165, 1.54) is 11.3 Å². The molecule has 0 fully saturated rings. The Labute approximate surface area is 99.2 Å². The van der Waals surface area contributed by atoms with Gasteiger partial charge in [-0.3, -0.25) is 0 Å². The molecule has 1 rings (SSSR count). The second kappa shape index (κ2) is 5.62. The Hall–Kier alpha value is -0.210. The van der Waals surface area contributed by atoms with Crippen LogP contribution in [-0.4, -0.2) is 13.6 Å². The van der Waals surface area contributed by atoms with Crippen LogP contribution >= 0.6 is 27.5 Å². The van der Waals surface area contributed by atoms with E-state index in [9.17, 15) is 0 Å². The molecule has 0 amide bonds. The summed E-state index contributed by atoms with van der Waals surface area (Å²) in [7, 11) is 2.10. The van der Waals surface area contributed by atoms with Crippen molar-refractivity contribution in [1.29, 1.82) is 0 Å². The Morgan fingerprint density at radius 1 is 1.43 bits per heavy atom. The van der Waals surface area contributed by atoms with Gasteiger partial charge in [0.25, 0.3) is 0 Å². The van der Waals surface area contributed by atoms with Gasteiger partial charge >= 0.3 is 0 Å². The largest absolute Gasteiger partial charge is 0.374 e. The monoisotopic (exact) mass is 275 g/mol. The molecule has 0 heterocycles. The van der Waals surface area contributed by atoms with E-state index in [0.717, 1.165) is 23.3 Å². The van der Waals surface area contributed by atoms with E-state index in [1.54, 1.807) is 0 Å². The van der Waals surface area contributed by atoms with Crippen molar-refractivity contribution in [1.82, 2.24) is 0 Å². The van der Waals surface area contributed by atoms with Gasteiger partial charge in [0, 0.05) is 29.6 Å². The fourth-order valence-electron chi connectivity index (χ4n) is 1.46. The van der Waals surface area contributed by atoms with E-state index >= 15 is 0 Å². The highest BCUT2D eigenvalue weighted by molar-refractivity contribution is 9.08. The average Bonchev–Trinajstić information content (AvgIpc) is 2.18. The van der Waals surface area contributed by atoms with Gasteiger partial charge in [0.05, 0.1) is 0 Å².